The van der Waals surface area contributed by atoms with Crippen LogP contribution in [0.1, 0.15) is 51.9 Å². The summed E-state index contributed by atoms with van der Waals surface area (Å²) >= 11 is 0. The van der Waals surface area contributed by atoms with Crippen molar-refractivity contribution in [2.75, 3.05) is 18.1 Å². The molecular weight excluding hydrogens is 547 g/mol. The number of hydrogen-bond acceptors (Lipinski definition) is 4. The number of aromatic carboxylic acids is 1. The zero-order valence-electron chi connectivity index (χ0n) is 23.0. The molecule has 1 N–H and O–H groups in total. The van der Waals surface area contributed by atoms with E-state index in [1.54, 1.807) is 34.0 Å². The number of ether oxygens (including phenoxy) is 1. The molecule has 0 radical (unpaired) electrons. The van der Waals surface area contributed by atoms with E-state index in [1.165, 1.54) is 19.1 Å². The monoisotopic (exact) mass is 577 g/mol. The summed E-state index contributed by atoms with van der Waals surface area (Å²) in [5.74, 6) is -0.877. The Labute approximate surface area is 241 Å². The van der Waals surface area contributed by atoms with Crippen LogP contribution < -0.4 is 9.64 Å². The van der Waals surface area contributed by atoms with Gasteiger partial charge in [0.1, 0.15) is 5.75 Å². The second-order valence-corrected chi connectivity index (χ2v) is 10.3. The number of halogens is 3. The van der Waals surface area contributed by atoms with E-state index in [0.717, 1.165) is 46.8 Å². The zero-order chi connectivity index (χ0) is 29.9. The molecule has 2 heterocycles. The molecule has 10 heteroatoms. The van der Waals surface area contributed by atoms with E-state index in [-0.39, 0.29) is 35.8 Å². The third kappa shape index (κ3) is 6.32. The van der Waals surface area contributed by atoms with Gasteiger partial charge in [-0.05, 0) is 73.2 Å². The number of amides is 1. The second-order valence-electron chi connectivity index (χ2n) is 10.3. The summed E-state index contributed by atoms with van der Waals surface area (Å²) in [4.78, 5) is 26.3. The molecule has 0 saturated carbocycles. The van der Waals surface area contributed by atoms with Gasteiger partial charge in [-0.3, -0.25) is 9.48 Å². The molecule has 1 aromatic heterocycles. The number of alkyl halides is 3. The van der Waals surface area contributed by atoms with E-state index in [2.05, 4.69) is 5.10 Å². The van der Waals surface area contributed by atoms with Crippen molar-refractivity contribution in [3.05, 3.63) is 101 Å². The first-order valence-corrected chi connectivity index (χ1v) is 13.7. The SMILES string of the molecule is Cc1c(OCCCC(=O)N2CCCc3c(-c4cnn(Cc5cccc(C(=O)O)c5)c4)cccc32)cccc1C(F)(F)F. The lowest BCUT2D eigenvalue weighted by atomic mass is 9.93. The van der Waals surface area contributed by atoms with Gasteiger partial charge in [-0.2, -0.15) is 18.3 Å². The minimum absolute atomic E-state index is 0.0333. The average molecular weight is 578 g/mol. The highest BCUT2D eigenvalue weighted by atomic mass is 19.4. The Bertz CT molecular complexity index is 1610. The molecule has 7 nitrogen and oxygen atoms in total. The zero-order valence-corrected chi connectivity index (χ0v) is 23.0. The van der Waals surface area contributed by atoms with Gasteiger partial charge < -0.3 is 14.7 Å². The Hall–Kier alpha value is -4.60. The van der Waals surface area contributed by atoms with Gasteiger partial charge in [-0.1, -0.05) is 30.3 Å². The smallest absolute Gasteiger partial charge is 0.416 e. The first-order valence-electron chi connectivity index (χ1n) is 13.7. The molecule has 3 aromatic carbocycles. The number of aromatic nitrogens is 2. The molecular formula is C32H30F3N3O4. The summed E-state index contributed by atoms with van der Waals surface area (Å²) in [7, 11) is 0. The van der Waals surface area contributed by atoms with Gasteiger partial charge in [-0.15, -0.1) is 0 Å². The number of carboxylic acid groups (broad SMARTS) is 1. The van der Waals surface area contributed by atoms with Crippen LogP contribution in [0.15, 0.2) is 73.1 Å². The lowest BCUT2D eigenvalue weighted by Gasteiger charge is -2.31. The maximum Gasteiger partial charge on any atom is 0.416 e. The van der Waals surface area contributed by atoms with Gasteiger partial charge in [0.05, 0.1) is 30.5 Å². The third-order valence-corrected chi connectivity index (χ3v) is 7.40. The van der Waals surface area contributed by atoms with E-state index < -0.39 is 17.7 Å². The highest BCUT2D eigenvalue weighted by Crippen LogP contribution is 2.37. The highest BCUT2D eigenvalue weighted by Gasteiger charge is 2.33. The van der Waals surface area contributed by atoms with Crippen LogP contribution >= 0.6 is 0 Å². The Balaban J connectivity index is 1.24. The minimum Gasteiger partial charge on any atom is -0.493 e. The van der Waals surface area contributed by atoms with Crippen molar-refractivity contribution >= 4 is 17.6 Å². The van der Waals surface area contributed by atoms with Crippen molar-refractivity contribution in [2.45, 2.75) is 45.3 Å². The largest absolute Gasteiger partial charge is 0.493 e. The molecule has 0 saturated heterocycles. The van der Waals surface area contributed by atoms with Crippen LogP contribution in [-0.4, -0.2) is 39.9 Å². The summed E-state index contributed by atoms with van der Waals surface area (Å²) in [6.07, 6.45) is 1.41. The second kappa shape index (κ2) is 12.1. The van der Waals surface area contributed by atoms with E-state index in [1.807, 2.05) is 30.5 Å². The molecule has 218 valence electrons. The molecule has 0 bridgehead atoms. The van der Waals surface area contributed by atoms with Crippen molar-refractivity contribution in [3.63, 3.8) is 0 Å². The number of nitrogens with zero attached hydrogens (tertiary/aromatic N) is 3. The summed E-state index contributed by atoms with van der Waals surface area (Å²) in [6, 6.07) is 16.4. The van der Waals surface area contributed by atoms with Crippen LogP contribution in [0.4, 0.5) is 18.9 Å². The van der Waals surface area contributed by atoms with Gasteiger partial charge in [0.15, 0.2) is 0 Å². The van der Waals surface area contributed by atoms with Crippen LogP contribution in [0.5, 0.6) is 5.75 Å². The molecule has 1 amide bonds. The van der Waals surface area contributed by atoms with Crippen molar-refractivity contribution < 1.29 is 32.6 Å². The molecule has 1 aliphatic heterocycles. The quantitative estimate of drug-likeness (QED) is 0.222. The Kier molecular flexibility index (Phi) is 8.33. The molecule has 4 aromatic rings. The van der Waals surface area contributed by atoms with E-state index >= 15 is 0 Å². The van der Waals surface area contributed by atoms with Crippen LogP contribution in [0.2, 0.25) is 0 Å². The fraction of sp³-hybridized carbons (Fsp3) is 0.281. The van der Waals surface area contributed by atoms with Gasteiger partial charge >= 0.3 is 12.1 Å². The Morgan fingerprint density at radius 1 is 1.07 bits per heavy atom. The molecule has 0 spiro atoms. The van der Waals surface area contributed by atoms with Gasteiger partial charge in [-0.25, -0.2) is 4.79 Å². The van der Waals surface area contributed by atoms with Crippen molar-refractivity contribution in [3.8, 4) is 16.9 Å². The van der Waals surface area contributed by atoms with E-state index in [4.69, 9.17) is 4.74 Å². The fourth-order valence-corrected chi connectivity index (χ4v) is 5.35. The number of carbonyl (C=O) groups is 2. The predicted octanol–water partition coefficient (Wildman–Crippen LogP) is 6.76. The first-order chi connectivity index (χ1) is 20.1. The number of carboxylic acids is 1. The molecule has 0 fully saturated rings. The normalized spacial score (nSPS) is 13.1. The van der Waals surface area contributed by atoms with E-state index in [0.29, 0.717) is 19.5 Å². The topological polar surface area (TPSA) is 84.7 Å². The maximum atomic E-state index is 13.2. The summed E-state index contributed by atoms with van der Waals surface area (Å²) < 4.78 is 46.9. The van der Waals surface area contributed by atoms with Crippen LogP contribution in [0.25, 0.3) is 11.1 Å². The third-order valence-electron chi connectivity index (χ3n) is 7.40. The highest BCUT2D eigenvalue weighted by molar-refractivity contribution is 5.96. The van der Waals surface area contributed by atoms with E-state index in [9.17, 15) is 27.9 Å². The molecule has 42 heavy (non-hydrogen) atoms. The van der Waals surface area contributed by atoms with Gasteiger partial charge in [0.2, 0.25) is 5.91 Å². The maximum absolute atomic E-state index is 13.2. The summed E-state index contributed by atoms with van der Waals surface area (Å²) in [5, 5.41) is 13.7. The number of carbonyl (C=O) groups excluding carboxylic acids is 1. The number of hydrogen-bond donors (Lipinski definition) is 1. The Morgan fingerprint density at radius 3 is 2.64 bits per heavy atom. The first kappa shape index (κ1) is 28.9. The molecule has 0 unspecified atom stereocenters. The molecule has 5 rings (SSSR count). The number of benzene rings is 3. The lowest BCUT2D eigenvalue weighted by molar-refractivity contribution is -0.138. The standard InChI is InChI=1S/C32H30F3N3O4/c1-21-27(32(33,34)35)11-4-13-29(21)42-16-6-14-30(39)38-15-5-10-26-25(9-3-12-28(26)38)24-18-36-37(20-24)19-22-7-2-8-23(17-22)31(40)41/h2-4,7-9,11-13,17-18,20H,5-6,10,14-16,19H2,1H3,(H,40,41). The molecule has 1 aliphatic rings. The Morgan fingerprint density at radius 2 is 1.86 bits per heavy atom. The van der Waals surface area contributed by atoms with Gasteiger partial charge in [0, 0.05) is 36.0 Å². The van der Waals surface area contributed by atoms with Crippen molar-refractivity contribution in [1.29, 1.82) is 0 Å². The minimum atomic E-state index is -4.45. The average Bonchev–Trinajstić information content (AvgIpc) is 3.43. The van der Waals surface area contributed by atoms with Crippen molar-refractivity contribution in [2.24, 2.45) is 0 Å². The lowest BCUT2D eigenvalue weighted by Crippen LogP contribution is -2.35. The predicted molar refractivity (Wildman–Crippen MR) is 152 cm³/mol. The van der Waals surface area contributed by atoms with Crippen LogP contribution in [0.3, 0.4) is 0 Å². The molecule has 0 aliphatic carbocycles. The van der Waals surface area contributed by atoms with Crippen LogP contribution in [0, 0.1) is 6.92 Å². The van der Waals surface area contributed by atoms with Gasteiger partial charge in [0.25, 0.3) is 0 Å². The van der Waals surface area contributed by atoms with Crippen molar-refractivity contribution in [1.82, 2.24) is 9.78 Å². The number of anilines is 1. The summed E-state index contributed by atoms with van der Waals surface area (Å²) in [5.41, 5.74) is 4.14. The number of fused-ring (bicyclic) bond motifs is 1. The molecule has 0 atom stereocenters. The fourth-order valence-electron chi connectivity index (χ4n) is 5.35. The van der Waals surface area contributed by atoms with Crippen LogP contribution in [-0.2, 0) is 23.9 Å². The summed E-state index contributed by atoms with van der Waals surface area (Å²) in [6.45, 7) is 2.51. The number of rotatable bonds is 9.